The Morgan fingerprint density at radius 3 is 2.56 bits per heavy atom. The fourth-order valence-corrected chi connectivity index (χ4v) is 2.01. The van der Waals surface area contributed by atoms with Gasteiger partial charge in [0.15, 0.2) is 0 Å². The van der Waals surface area contributed by atoms with Crippen molar-refractivity contribution in [3.8, 4) is 0 Å². The maximum absolute atomic E-state index is 5.50. The zero-order chi connectivity index (χ0) is 12.6. The van der Waals surface area contributed by atoms with E-state index >= 15 is 0 Å². The van der Waals surface area contributed by atoms with Crippen LogP contribution in [0.1, 0.15) is 5.56 Å². The second-order valence-electron chi connectivity index (χ2n) is 4.26. The largest absolute Gasteiger partial charge is 0.379 e. The highest BCUT2D eigenvalue weighted by molar-refractivity contribution is 5.82. The second kappa shape index (κ2) is 7.16. The first-order chi connectivity index (χ1) is 8.92. The lowest BCUT2D eigenvalue weighted by Crippen LogP contribution is -2.30. The minimum atomic E-state index is 0.710. The molecule has 1 aromatic heterocycles. The quantitative estimate of drug-likeness (QED) is 0.749. The summed E-state index contributed by atoms with van der Waals surface area (Å²) in [5.41, 5.74) is 8.01. The van der Waals surface area contributed by atoms with Gasteiger partial charge in [-0.05, 0) is 24.6 Å². The Bertz CT molecular complexity index is 451. The minimum Gasteiger partial charge on any atom is -0.379 e. The molecule has 1 aliphatic rings. The summed E-state index contributed by atoms with van der Waals surface area (Å²) in [6.45, 7) is 4.54. The van der Waals surface area contributed by atoms with Gasteiger partial charge >= 0.3 is 0 Å². The molecule has 2 heterocycles. The molecule has 4 nitrogen and oxygen atoms in total. The monoisotopic (exact) mass is 247 g/mol. The van der Waals surface area contributed by atoms with E-state index in [0.717, 1.165) is 32.7 Å². The molecule has 0 bridgehead atoms. The normalized spacial score (nSPS) is 15.2. The summed E-state index contributed by atoms with van der Waals surface area (Å²) in [6.07, 6.45) is 2.99. The number of nitrogens with two attached hydrogens (primary N) is 1. The van der Waals surface area contributed by atoms with Crippen molar-refractivity contribution in [3.63, 3.8) is 0 Å². The van der Waals surface area contributed by atoms with Crippen LogP contribution in [0.3, 0.4) is 0 Å². The first kappa shape index (κ1) is 13.1. The summed E-state index contributed by atoms with van der Waals surface area (Å²) < 4.78 is 5.01. The molecule has 0 amide bonds. The number of morpholine rings is 1. The van der Waals surface area contributed by atoms with Crippen molar-refractivity contribution < 1.29 is 4.74 Å². The van der Waals surface area contributed by atoms with Crippen LogP contribution in [0.4, 0.5) is 0 Å². The molecule has 1 fully saturated rings. The lowest BCUT2D eigenvalue weighted by atomic mass is 10.1. The predicted octanol–water partition coefficient (Wildman–Crippen LogP) is 1.28. The third kappa shape index (κ3) is 3.57. The van der Waals surface area contributed by atoms with E-state index in [2.05, 4.69) is 28.5 Å². The fraction of sp³-hybridized carbons (Fsp3) is 0.429. The average molecular weight is 247 g/mol. The first-order valence-corrected chi connectivity index (χ1v) is 6.45. The lowest BCUT2D eigenvalue weighted by Gasteiger charge is -2.10. The van der Waals surface area contributed by atoms with Crippen LogP contribution in [0.25, 0.3) is 10.9 Å². The number of rotatable bonds is 2. The highest BCUT2D eigenvalue weighted by Gasteiger charge is 1.99. The Labute approximate surface area is 108 Å². The van der Waals surface area contributed by atoms with E-state index in [9.17, 15) is 0 Å². The lowest BCUT2D eigenvalue weighted by molar-refractivity contribution is 0.109. The molecule has 3 rings (SSSR count). The Kier molecular flexibility index (Phi) is 5.20. The highest BCUT2D eigenvalue weighted by atomic mass is 16.5. The van der Waals surface area contributed by atoms with Gasteiger partial charge in [-0.1, -0.05) is 18.2 Å². The second-order valence-corrected chi connectivity index (χ2v) is 4.26. The molecule has 1 aliphatic heterocycles. The molecule has 0 saturated carbocycles. The summed E-state index contributed by atoms with van der Waals surface area (Å²) in [7, 11) is 0. The Morgan fingerprint density at radius 2 is 1.94 bits per heavy atom. The average Bonchev–Trinajstić information content (AvgIpc) is 2.86. The standard InChI is InChI=1S/C10H12N2.C4H9NO/c11-6-5-8-7-12-10-4-2-1-3-9(8)10;1-3-6-4-2-5-1/h1-4,7,12H,5-6,11H2;5H,1-4H2. The Hall–Kier alpha value is -1.36. The van der Waals surface area contributed by atoms with Crippen LogP contribution in [-0.4, -0.2) is 37.8 Å². The van der Waals surface area contributed by atoms with Crippen molar-refractivity contribution >= 4 is 10.9 Å². The molecule has 4 heteroatoms. The number of H-pyrrole nitrogens is 1. The molecular weight excluding hydrogens is 226 g/mol. The summed E-state index contributed by atoms with van der Waals surface area (Å²) in [5.74, 6) is 0. The van der Waals surface area contributed by atoms with Crippen LogP contribution < -0.4 is 11.1 Å². The van der Waals surface area contributed by atoms with E-state index in [-0.39, 0.29) is 0 Å². The van der Waals surface area contributed by atoms with Gasteiger partial charge < -0.3 is 20.8 Å². The van der Waals surface area contributed by atoms with Crippen molar-refractivity contribution in [1.82, 2.24) is 10.3 Å². The molecule has 0 spiro atoms. The topological polar surface area (TPSA) is 63.1 Å². The maximum atomic E-state index is 5.50. The molecule has 0 atom stereocenters. The van der Waals surface area contributed by atoms with Gasteiger partial charge in [-0.25, -0.2) is 0 Å². The van der Waals surface area contributed by atoms with Crippen LogP contribution in [0.2, 0.25) is 0 Å². The van der Waals surface area contributed by atoms with Crippen molar-refractivity contribution in [2.75, 3.05) is 32.8 Å². The van der Waals surface area contributed by atoms with E-state index in [1.54, 1.807) is 0 Å². The Balaban J connectivity index is 0.000000169. The number of aromatic amines is 1. The highest BCUT2D eigenvalue weighted by Crippen LogP contribution is 2.17. The summed E-state index contributed by atoms with van der Waals surface area (Å²) in [6, 6.07) is 8.29. The van der Waals surface area contributed by atoms with Gasteiger partial charge in [0.25, 0.3) is 0 Å². The molecule has 18 heavy (non-hydrogen) atoms. The maximum Gasteiger partial charge on any atom is 0.0591 e. The molecule has 1 aromatic carbocycles. The Morgan fingerprint density at radius 1 is 1.17 bits per heavy atom. The zero-order valence-corrected chi connectivity index (χ0v) is 10.6. The summed E-state index contributed by atoms with van der Waals surface area (Å²) in [4.78, 5) is 3.22. The van der Waals surface area contributed by atoms with Gasteiger partial charge in [-0.3, -0.25) is 0 Å². The smallest absolute Gasteiger partial charge is 0.0591 e. The molecular formula is C14H21N3O. The molecule has 0 aliphatic carbocycles. The fourth-order valence-electron chi connectivity index (χ4n) is 2.01. The van der Waals surface area contributed by atoms with Crippen molar-refractivity contribution in [1.29, 1.82) is 0 Å². The van der Waals surface area contributed by atoms with Gasteiger partial charge in [0.05, 0.1) is 13.2 Å². The molecule has 0 radical (unpaired) electrons. The van der Waals surface area contributed by atoms with E-state index < -0.39 is 0 Å². The van der Waals surface area contributed by atoms with Gasteiger partial charge in [0, 0.05) is 30.2 Å². The first-order valence-electron chi connectivity index (χ1n) is 6.45. The van der Waals surface area contributed by atoms with Crippen molar-refractivity contribution in [3.05, 3.63) is 36.0 Å². The van der Waals surface area contributed by atoms with E-state index in [4.69, 9.17) is 10.5 Å². The molecule has 0 unspecified atom stereocenters. The number of hydrogen-bond donors (Lipinski definition) is 3. The zero-order valence-electron chi connectivity index (χ0n) is 10.6. The summed E-state index contributed by atoms with van der Waals surface area (Å²) in [5, 5.41) is 4.45. The van der Waals surface area contributed by atoms with Gasteiger partial charge in [-0.15, -0.1) is 0 Å². The third-order valence-electron chi connectivity index (χ3n) is 2.93. The van der Waals surface area contributed by atoms with Crippen LogP contribution in [-0.2, 0) is 11.2 Å². The number of fused-ring (bicyclic) bond motifs is 1. The predicted molar refractivity (Wildman–Crippen MR) is 74.7 cm³/mol. The number of aromatic nitrogens is 1. The van der Waals surface area contributed by atoms with Crippen LogP contribution in [0.5, 0.6) is 0 Å². The number of para-hydroxylation sites is 1. The van der Waals surface area contributed by atoms with Crippen LogP contribution in [0.15, 0.2) is 30.5 Å². The van der Waals surface area contributed by atoms with E-state index in [1.165, 1.54) is 16.5 Å². The SMILES string of the molecule is C1COCCN1.NCCc1c[nH]c2ccccc12. The molecule has 98 valence electrons. The molecule has 2 aromatic rings. The van der Waals surface area contributed by atoms with Crippen molar-refractivity contribution in [2.45, 2.75) is 6.42 Å². The number of hydrogen-bond acceptors (Lipinski definition) is 3. The van der Waals surface area contributed by atoms with Crippen LogP contribution >= 0.6 is 0 Å². The number of benzene rings is 1. The number of nitrogens with one attached hydrogen (secondary N) is 2. The molecule has 1 saturated heterocycles. The minimum absolute atomic E-state index is 0.710. The van der Waals surface area contributed by atoms with E-state index in [1.807, 2.05) is 12.3 Å². The summed E-state index contributed by atoms with van der Waals surface area (Å²) >= 11 is 0. The van der Waals surface area contributed by atoms with Gasteiger partial charge in [-0.2, -0.15) is 0 Å². The molecule has 4 N–H and O–H groups in total. The van der Waals surface area contributed by atoms with Gasteiger partial charge in [0.1, 0.15) is 0 Å². The number of ether oxygens (including phenoxy) is 1. The van der Waals surface area contributed by atoms with E-state index in [0.29, 0.717) is 6.54 Å². The third-order valence-corrected chi connectivity index (χ3v) is 2.93. The van der Waals surface area contributed by atoms with Gasteiger partial charge in [0.2, 0.25) is 0 Å². The van der Waals surface area contributed by atoms with Crippen molar-refractivity contribution in [2.24, 2.45) is 5.73 Å². The van der Waals surface area contributed by atoms with Crippen LogP contribution in [0, 0.1) is 0 Å².